The predicted molar refractivity (Wildman–Crippen MR) is 151 cm³/mol. The molecule has 0 radical (unpaired) electrons. The second-order valence-corrected chi connectivity index (χ2v) is 9.97. The van der Waals surface area contributed by atoms with Crippen LogP contribution in [0.3, 0.4) is 0 Å². The van der Waals surface area contributed by atoms with Crippen LogP contribution in [0.2, 0.25) is 0 Å². The number of amides is 1. The number of fused-ring (bicyclic) bond motifs is 2. The fourth-order valence-corrected chi connectivity index (χ4v) is 5.32. The summed E-state index contributed by atoms with van der Waals surface area (Å²) in [6.45, 7) is 10.9. The zero-order valence-electron chi connectivity index (χ0n) is 22.3. The van der Waals surface area contributed by atoms with Crippen molar-refractivity contribution in [3.05, 3.63) is 64.0 Å². The minimum Gasteiger partial charge on any atom is -0.367 e. The average Bonchev–Trinajstić information content (AvgIpc) is 3.18. The largest absolute Gasteiger partial charge is 0.367 e. The maximum Gasteiger partial charge on any atom is 0.259 e. The molecule has 3 heterocycles. The van der Waals surface area contributed by atoms with Gasteiger partial charge in [-0.15, -0.1) is 0 Å². The molecule has 1 amide bonds. The molecule has 0 aliphatic carbocycles. The van der Waals surface area contributed by atoms with Gasteiger partial charge in [0.05, 0.1) is 27.9 Å². The van der Waals surface area contributed by atoms with Crippen LogP contribution < -0.4 is 15.4 Å². The number of piperazine rings is 1. The summed E-state index contributed by atoms with van der Waals surface area (Å²) in [5, 5.41) is 0.193. The minimum atomic E-state index is -0.430. The summed E-state index contributed by atoms with van der Waals surface area (Å²) in [4.78, 5) is 42.1. The standard InChI is InChI=1S/C29H35FN6O2/c1-4-34(5-2)11-8-12-36-25-10-7-6-9-20(25)21(29(36)38)18-27-31-24-19-26(35-15-13-33(3)14-16-35)23(30)17-22(24)28(37)32-27/h6-7,9-10,17-19H,4-5,8,11-16H2,1-3H3,(H,31,32,37)/b21-18-. The lowest BCUT2D eigenvalue weighted by atomic mass is 10.1. The van der Waals surface area contributed by atoms with E-state index < -0.39 is 11.4 Å². The van der Waals surface area contributed by atoms with Crippen LogP contribution in [0.5, 0.6) is 0 Å². The molecule has 8 nitrogen and oxygen atoms in total. The van der Waals surface area contributed by atoms with Crippen LogP contribution in [-0.4, -0.2) is 85.1 Å². The molecule has 5 rings (SSSR count). The number of likely N-dealkylation sites (N-methyl/N-ethyl adjacent to an activating group) is 1. The molecule has 200 valence electrons. The first-order valence-electron chi connectivity index (χ1n) is 13.4. The number of halogens is 1. The van der Waals surface area contributed by atoms with Crippen molar-refractivity contribution in [2.75, 3.05) is 69.2 Å². The first-order valence-corrected chi connectivity index (χ1v) is 13.4. The first kappa shape index (κ1) is 26.1. The Kier molecular flexibility index (Phi) is 7.58. The molecule has 9 heteroatoms. The second-order valence-electron chi connectivity index (χ2n) is 9.97. The van der Waals surface area contributed by atoms with Gasteiger partial charge >= 0.3 is 0 Å². The first-order chi connectivity index (χ1) is 18.4. The highest BCUT2D eigenvalue weighted by Crippen LogP contribution is 2.37. The third-order valence-corrected chi connectivity index (χ3v) is 7.63. The topological polar surface area (TPSA) is 75.8 Å². The SMILES string of the molecule is CCN(CC)CCCN1C(=O)/C(=C\c2nc3cc(N4CCN(C)CC4)c(F)cc3c(=O)[nH]2)c2ccccc21. The monoisotopic (exact) mass is 518 g/mol. The van der Waals surface area contributed by atoms with Crippen LogP contribution in [0.15, 0.2) is 41.2 Å². The van der Waals surface area contributed by atoms with E-state index in [0.717, 1.165) is 50.4 Å². The Balaban J connectivity index is 1.47. The van der Waals surface area contributed by atoms with E-state index in [1.54, 1.807) is 12.1 Å². The molecule has 0 atom stereocenters. The van der Waals surface area contributed by atoms with Gasteiger partial charge in [-0.1, -0.05) is 32.0 Å². The summed E-state index contributed by atoms with van der Waals surface area (Å²) >= 11 is 0. The van der Waals surface area contributed by atoms with E-state index >= 15 is 0 Å². The molecule has 2 aliphatic heterocycles. The number of aromatic amines is 1. The van der Waals surface area contributed by atoms with Crippen LogP contribution in [-0.2, 0) is 4.79 Å². The van der Waals surface area contributed by atoms with Crippen molar-refractivity contribution in [2.24, 2.45) is 0 Å². The van der Waals surface area contributed by atoms with E-state index in [1.165, 1.54) is 6.07 Å². The maximum absolute atomic E-state index is 15.0. The number of carbonyl (C=O) groups excluding carboxylic acids is 1. The van der Waals surface area contributed by atoms with Crippen molar-refractivity contribution in [1.29, 1.82) is 0 Å². The lowest BCUT2D eigenvalue weighted by Crippen LogP contribution is -2.44. The maximum atomic E-state index is 15.0. The highest BCUT2D eigenvalue weighted by molar-refractivity contribution is 6.35. The van der Waals surface area contributed by atoms with Crippen molar-refractivity contribution < 1.29 is 9.18 Å². The number of carbonyl (C=O) groups is 1. The molecular weight excluding hydrogens is 483 g/mol. The fraction of sp³-hybridized carbons (Fsp3) is 0.414. The molecular formula is C29H35FN6O2. The Morgan fingerprint density at radius 1 is 1.05 bits per heavy atom. The molecule has 1 N–H and O–H groups in total. The molecule has 38 heavy (non-hydrogen) atoms. The van der Waals surface area contributed by atoms with Gasteiger partial charge in [-0.2, -0.15) is 0 Å². The summed E-state index contributed by atoms with van der Waals surface area (Å²) in [5.74, 6) is -0.256. The van der Waals surface area contributed by atoms with Gasteiger partial charge in [0.25, 0.3) is 11.5 Å². The zero-order chi connectivity index (χ0) is 26.8. The Morgan fingerprint density at radius 2 is 1.79 bits per heavy atom. The lowest BCUT2D eigenvalue weighted by molar-refractivity contribution is -0.113. The molecule has 0 bridgehead atoms. The summed E-state index contributed by atoms with van der Waals surface area (Å²) in [7, 11) is 2.05. The molecule has 1 fully saturated rings. The smallest absolute Gasteiger partial charge is 0.259 e. The minimum absolute atomic E-state index is 0.106. The Bertz CT molecular complexity index is 1420. The molecule has 2 aliphatic rings. The number of aromatic nitrogens is 2. The Morgan fingerprint density at radius 3 is 2.53 bits per heavy atom. The summed E-state index contributed by atoms with van der Waals surface area (Å²) < 4.78 is 15.0. The van der Waals surface area contributed by atoms with Crippen LogP contribution in [0.25, 0.3) is 22.6 Å². The van der Waals surface area contributed by atoms with Crippen molar-refractivity contribution >= 4 is 39.8 Å². The van der Waals surface area contributed by atoms with E-state index in [0.29, 0.717) is 36.4 Å². The number of benzene rings is 2. The zero-order valence-corrected chi connectivity index (χ0v) is 22.3. The van der Waals surface area contributed by atoms with E-state index in [-0.39, 0.29) is 17.1 Å². The molecule has 1 saturated heterocycles. The Hall–Kier alpha value is -3.56. The summed E-state index contributed by atoms with van der Waals surface area (Å²) in [5.41, 5.74) is 2.61. The average molecular weight is 519 g/mol. The van der Waals surface area contributed by atoms with Gasteiger partial charge in [0.1, 0.15) is 11.6 Å². The van der Waals surface area contributed by atoms with Crippen LogP contribution in [0.4, 0.5) is 15.8 Å². The van der Waals surface area contributed by atoms with E-state index in [9.17, 15) is 14.0 Å². The van der Waals surface area contributed by atoms with Crippen molar-refractivity contribution in [2.45, 2.75) is 20.3 Å². The quantitative estimate of drug-likeness (QED) is 0.461. The highest BCUT2D eigenvalue weighted by atomic mass is 19.1. The summed E-state index contributed by atoms with van der Waals surface area (Å²) in [6.07, 6.45) is 2.51. The molecule has 0 unspecified atom stereocenters. The molecule has 1 aromatic heterocycles. The third-order valence-electron chi connectivity index (χ3n) is 7.63. The van der Waals surface area contributed by atoms with Gasteiger partial charge in [-0.05, 0) is 57.4 Å². The normalized spacial score (nSPS) is 17.3. The van der Waals surface area contributed by atoms with Crippen LogP contribution in [0.1, 0.15) is 31.7 Å². The number of H-pyrrole nitrogens is 1. The van der Waals surface area contributed by atoms with Crippen molar-refractivity contribution in [3.8, 4) is 0 Å². The second kappa shape index (κ2) is 11.0. The number of para-hydroxylation sites is 1. The number of nitrogens with zero attached hydrogens (tertiary/aromatic N) is 5. The van der Waals surface area contributed by atoms with Crippen molar-refractivity contribution in [1.82, 2.24) is 19.8 Å². The van der Waals surface area contributed by atoms with E-state index in [1.807, 2.05) is 41.1 Å². The number of anilines is 2. The van der Waals surface area contributed by atoms with Crippen molar-refractivity contribution in [3.63, 3.8) is 0 Å². The van der Waals surface area contributed by atoms with Gasteiger partial charge in [0.15, 0.2) is 0 Å². The lowest BCUT2D eigenvalue weighted by Gasteiger charge is -2.34. The number of hydrogen-bond donors (Lipinski definition) is 1. The van der Waals surface area contributed by atoms with Gasteiger partial charge in [0.2, 0.25) is 0 Å². The third kappa shape index (κ3) is 5.08. The molecule has 3 aromatic rings. The van der Waals surface area contributed by atoms with Gasteiger partial charge in [-0.25, -0.2) is 9.37 Å². The van der Waals surface area contributed by atoms with Gasteiger partial charge < -0.3 is 24.6 Å². The van der Waals surface area contributed by atoms with E-state index in [2.05, 4.69) is 33.6 Å². The fourth-order valence-electron chi connectivity index (χ4n) is 5.32. The van der Waals surface area contributed by atoms with E-state index in [4.69, 9.17) is 0 Å². The van der Waals surface area contributed by atoms with Gasteiger partial charge in [-0.3, -0.25) is 9.59 Å². The molecule has 0 saturated carbocycles. The Labute approximate surface area is 222 Å². The number of rotatable bonds is 8. The van der Waals surface area contributed by atoms with Gasteiger partial charge in [0, 0.05) is 38.3 Å². The predicted octanol–water partition coefficient (Wildman–Crippen LogP) is 3.43. The summed E-state index contributed by atoms with van der Waals surface area (Å²) in [6, 6.07) is 10.6. The number of nitrogens with one attached hydrogen (secondary N) is 1. The van der Waals surface area contributed by atoms with Crippen LogP contribution >= 0.6 is 0 Å². The highest BCUT2D eigenvalue weighted by Gasteiger charge is 2.32. The molecule has 2 aromatic carbocycles. The van der Waals surface area contributed by atoms with Crippen LogP contribution in [0, 0.1) is 5.82 Å². The number of hydrogen-bond acceptors (Lipinski definition) is 6. The molecule has 0 spiro atoms.